The molecule has 1 atom stereocenters. The predicted molar refractivity (Wildman–Crippen MR) is 94.5 cm³/mol. The molecule has 1 N–H and O–H groups in total. The Morgan fingerprint density at radius 3 is 3.00 bits per heavy atom. The van der Waals surface area contributed by atoms with E-state index in [1.807, 2.05) is 38.1 Å². The first-order valence-electron chi connectivity index (χ1n) is 8.48. The molecule has 1 fully saturated rings. The van der Waals surface area contributed by atoms with Crippen LogP contribution in [0.3, 0.4) is 0 Å². The summed E-state index contributed by atoms with van der Waals surface area (Å²) < 4.78 is 11.4. The summed E-state index contributed by atoms with van der Waals surface area (Å²) in [6.45, 7) is 5.69. The Labute approximate surface area is 147 Å². The number of rotatable bonds is 6. The fourth-order valence-electron chi connectivity index (χ4n) is 2.77. The maximum Gasteiger partial charge on any atom is 0.167 e. The highest BCUT2D eigenvalue weighted by molar-refractivity contribution is 5.56. The standard InChI is InChI=1S/C19H22N4O2/c1-13-14(2)22-23-19(18(13)10-20)21-11-15-5-3-6-16(9-15)25-12-17-7-4-8-24-17/h3,5-6,9,17H,4,7-8,11-12H2,1-2H3,(H,21,23)/t17-/m0/s1. The Morgan fingerprint density at radius 2 is 2.24 bits per heavy atom. The number of nitrogens with zero attached hydrogens (tertiary/aromatic N) is 3. The fraction of sp³-hybridized carbons (Fsp3) is 0.421. The second-order valence-corrected chi connectivity index (χ2v) is 6.19. The van der Waals surface area contributed by atoms with E-state index in [0.29, 0.717) is 24.5 Å². The van der Waals surface area contributed by atoms with E-state index in [1.54, 1.807) is 0 Å². The number of anilines is 1. The first-order valence-corrected chi connectivity index (χ1v) is 8.48. The summed E-state index contributed by atoms with van der Waals surface area (Å²) in [7, 11) is 0. The molecule has 0 bridgehead atoms. The average molecular weight is 338 g/mol. The molecule has 6 heteroatoms. The van der Waals surface area contributed by atoms with E-state index in [9.17, 15) is 5.26 Å². The van der Waals surface area contributed by atoms with Crippen molar-refractivity contribution in [1.29, 1.82) is 5.26 Å². The van der Waals surface area contributed by atoms with Crippen molar-refractivity contribution in [2.45, 2.75) is 39.3 Å². The van der Waals surface area contributed by atoms with E-state index in [4.69, 9.17) is 9.47 Å². The van der Waals surface area contributed by atoms with Gasteiger partial charge in [-0.2, -0.15) is 10.4 Å². The highest BCUT2D eigenvalue weighted by atomic mass is 16.5. The minimum absolute atomic E-state index is 0.200. The van der Waals surface area contributed by atoms with E-state index in [1.165, 1.54) is 0 Å². The molecule has 2 heterocycles. The highest BCUT2D eigenvalue weighted by Gasteiger charge is 2.16. The maximum atomic E-state index is 9.35. The highest BCUT2D eigenvalue weighted by Crippen LogP contribution is 2.20. The molecule has 1 aromatic carbocycles. The van der Waals surface area contributed by atoms with Crippen molar-refractivity contribution in [2.24, 2.45) is 0 Å². The van der Waals surface area contributed by atoms with E-state index >= 15 is 0 Å². The van der Waals surface area contributed by atoms with Crippen LogP contribution in [0.1, 0.15) is 35.2 Å². The van der Waals surface area contributed by atoms with Crippen LogP contribution < -0.4 is 10.1 Å². The van der Waals surface area contributed by atoms with E-state index in [2.05, 4.69) is 21.6 Å². The molecule has 3 rings (SSSR count). The molecule has 25 heavy (non-hydrogen) atoms. The van der Waals surface area contributed by atoms with E-state index < -0.39 is 0 Å². The van der Waals surface area contributed by atoms with Crippen LogP contribution in [0, 0.1) is 25.2 Å². The van der Waals surface area contributed by atoms with Crippen LogP contribution in [0.5, 0.6) is 5.75 Å². The molecule has 1 aromatic heterocycles. The average Bonchev–Trinajstić information content (AvgIpc) is 3.15. The number of nitrogens with one attached hydrogen (secondary N) is 1. The van der Waals surface area contributed by atoms with Gasteiger partial charge in [-0.05, 0) is 49.9 Å². The fourth-order valence-corrected chi connectivity index (χ4v) is 2.77. The van der Waals surface area contributed by atoms with Crippen molar-refractivity contribution < 1.29 is 9.47 Å². The van der Waals surface area contributed by atoms with Gasteiger partial charge in [0.2, 0.25) is 0 Å². The van der Waals surface area contributed by atoms with Gasteiger partial charge in [-0.3, -0.25) is 0 Å². The number of hydrogen-bond donors (Lipinski definition) is 1. The third kappa shape index (κ3) is 4.25. The molecule has 0 aliphatic carbocycles. The van der Waals surface area contributed by atoms with Crippen LogP contribution in [0.4, 0.5) is 5.82 Å². The van der Waals surface area contributed by atoms with Gasteiger partial charge in [0, 0.05) is 13.2 Å². The van der Waals surface area contributed by atoms with Crippen LogP contribution in [-0.4, -0.2) is 29.5 Å². The van der Waals surface area contributed by atoms with Gasteiger partial charge in [-0.1, -0.05) is 12.1 Å². The Bertz CT molecular complexity index is 779. The SMILES string of the molecule is Cc1nnc(NCc2cccc(OC[C@@H]3CCCO3)c2)c(C#N)c1C. The lowest BCUT2D eigenvalue weighted by atomic mass is 10.1. The minimum Gasteiger partial charge on any atom is -0.491 e. The van der Waals surface area contributed by atoms with Crippen molar-refractivity contribution in [3.05, 3.63) is 46.6 Å². The van der Waals surface area contributed by atoms with Crippen LogP contribution in [0.2, 0.25) is 0 Å². The quantitative estimate of drug-likeness (QED) is 0.871. The first-order chi connectivity index (χ1) is 12.2. The number of nitriles is 1. The number of benzene rings is 1. The lowest BCUT2D eigenvalue weighted by Gasteiger charge is -2.13. The molecule has 0 unspecified atom stereocenters. The summed E-state index contributed by atoms with van der Waals surface area (Å²) in [5, 5.41) is 20.7. The molecule has 0 radical (unpaired) electrons. The van der Waals surface area contributed by atoms with Crippen molar-refractivity contribution in [1.82, 2.24) is 10.2 Å². The number of aryl methyl sites for hydroxylation is 1. The van der Waals surface area contributed by atoms with Gasteiger partial charge >= 0.3 is 0 Å². The molecule has 2 aromatic rings. The second kappa shape index (κ2) is 7.95. The van der Waals surface area contributed by atoms with Gasteiger partial charge in [0.15, 0.2) is 5.82 Å². The summed E-state index contributed by atoms with van der Waals surface area (Å²) in [6, 6.07) is 10.1. The van der Waals surface area contributed by atoms with Crippen LogP contribution >= 0.6 is 0 Å². The van der Waals surface area contributed by atoms with Crippen molar-refractivity contribution >= 4 is 5.82 Å². The van der Waals surface area contributed by atoms with Gasteiger partial charge in [0.1, 0.15) is 24.0 Å². The summed E-state index contributed by atoms with van der Waals surface area (Å²) in [4.78, 5) is 0. The normalized spacial score (nSPS) is 16.4. The molecule has 130 valence electrons. The molecule has 1 aliphatic rings. The van der Waals surface area contributed by atoms with E-state index in [0.717, 1.165) is 42.0 Å². The van der Waals surface area contributed by atoms with Gasteiger partial charge in [0.25, 0.3) is 0 Å². The number of ether oxygens (including phenoxy) is 2. The van der Waals surface area contributed by atoms with Crippen LogP contribution in [0.25, 0.3) is 0 Å². The molecule has 0 saturated carbocycles. The first kappa shape index (κ1) is 17.2. The van der Waals surface area contributed by atoms with Crippen molar-refractivity contribution in [2.75, 3.05) is 18.5 Å². The molecule has 0 spiro atoms. The summed E-state index contributed by atoms with van der Waals surface area (Å²) in [5.41, 5.74) is 3.22. The number of hydrogen-bond acceptors (Lipinski definition) is 6. The zero-order valence-electron chi connectivity index (χ0n) is 14.6. The minimum atomic E-state index is 0.200. The monoisotopic (exact) mass is 338 g/mol. The lowest BCUT2D eigenvalue weighted by molar-refractivity contribution is 0.0679. The van der Waals surface area contributed by atoms with Crippen LogP contribution in [-0.2, 0) is 11.3 Å². The molecular formula is C19H22N4O2. The third-order valence-corrected chi connectivity index (χ3v) is 4.38. The second-order valence-electron chi connectivity index (χ2n) is 6.19. The molecular weight excluding hydrogens is 316 g/mol. The molecule has 1 saturated heterocycles. The third-order valence-electron chi connectivity index (χ3n) is 4.38. The summed E-state index contributed by atoms with van der Waals surface area (Å²) >= 11 is 0. The summed E-state index contributed by atoms with van der Waals surface area (Å²) in [6.07, 6.45) is 2.37. The Morgan fingerprint density at radius 1 is 1.36 bits per heavy atom. The Hall–Kier alpha value is -2.65. The largest absolute Gasteiger partial charge is 0.491 e. The van der Waals surface area contributed by atoms with Gasteiger partial charge in [-0.15, -0.1) is 5.10 Å². The topological polar surface area (TPSA) is 80.1 Å². The van der Waals surface area contributed by atoms with Gasteiger partial charge in [0.05, 0.1) is 11.8 Å². The Balaban J connectivity index is 1.63. The molecule has 1 aliphatic heterocycles. The zero-order chi connectivity index (χ0) is 17.6. The smallest absolute Gasteiger partial charge is 0.167 e. The van der Waals surface area contributed by atoms with E-state index in [-0.39, 0.29) is 6.10 Å². The van der Waals surface area contributed by atoms with Gasteiger partial charge < -0.3 is 14.8 Å². The molecule has 6 nitrogen and oxygen atoms in total. The number of aromatic nitrogens is 2. The van der Waals surface area contributed by atoms with Crippen molar-refractivity contribution in [3.8, 4) is 11.8 Å². The zero-order valence-corrected chi connectivity index (χ0v) is 14.6. The van der Waals surface area contributed by atoms with Gasteiger partial charge in [-0.25, -0.2) is 0 Å². The van der Waals surface area contributed by atoms with Crippen molar-refractivity contribution in [3.63, 3.8) is 0 Å². The Kier molecular flexibility index (Phi) is 5.46. The summed E-state index contributed by atoms with van der Waals surface area (Å²) in [5.74, 6) is 1.33. The maximum absolute atomic E-state index is 9.35. The van der Waals surface area contributed by atoms with Crippen LogP contribution in [0.15, 0.2) is 24.3 Å². The predicted octanol–water partition coefficient (Wildman–Crippen LogP) is 3.14. The molecule has 0 amide bonds. The lowest BCUT2D eigenvalue weighted by Crippen LogP contribution is -2.16.